The van der Waals surface area contributed by atoms with Crippen molar-refractivity contribution in [2.24, 2.45) is 0 Å². The summed E-state index contributed by atoms with van der Waals surface area (Å²) in [7, 11) is 0. The van der Waals surface area contributed by atoms with Gasteiger partial charge >= 0.3 is 11.9 Å². The van der Waals surface area contributed by atoms with E-state index >= 15 is 0 Å². The summed E-state index contributed by atoms with van der Waals surface area (Å²) in [4.78, 5) is 49.7. The number of rotatable bonds is 6. The molecule has 30 heavy (non-hydrogen) atoms. The van der Waals surface area contributed by atoms with E-state index in [0.29, 0.717) is 16.7 Å². The summed E-state index contributed by atoms with van der Waals surface area (Å²) in [6.45, 7) is 6.89. The van der Waals surface area contributed by atoms with E-state index in [4.69, 9.17) is 0 Å². The van der Waals surface area contributed by atoms with Crippen LogP contribution in [0.2, 0.25) is 0 Å². The topological polar surface area (TPSA) is 109 Å². The van der Waals surface area contributed by atoms with E-state index in [1.54, 1.807) is 64.1 Å². The van der Waals surface area contributed by atoms with E-state index in [1.807, 2.05) is 0 Å². The predicted octanol–water partition coefficient (Wildman–Crippen LogP) is 3.97. The Morgan fingerprint density at radius 3 is 1.77 bits per heavy atom. The van der Waals surface area contributed by atoms with Gasteiger partial charge in [-0.3, -0.25) is 19.2 Å². The minimum Gasteiger partial charge on any atom is -0.481 e. The van der Waals surface area contributed by atoms with Gasteiger partial charge in [0.25, 0.3) is 0 Å². The summed E-state index contributed by atoms with van der Waals surface area (Å²) < 4.78 is 0. The quantitative estimate of drug-likeness (QED) is 0.639. The fourth-order valence-corrected chi connectivity index (χ4v) is 4.39. The van der Waals surface area contributed by atoms with Crippen molar-refractivity contribution in [1.82, 2.24) is 0 Å². The number of hydrogen-bond acceptors (Lipinski definition) is 4. The highest BCUT2D eigenvalue weighted by Gasteiger charge is 2.41. The average Bonchev–Trinajstić information content (AvgIpc) is 2.63. The van der Waals surface area contributed by atoms with Crippen LogP contribution < -0.4 is 0 Å². The lowest BCUT2D eigenvalue weighted by atomic mass is 9.66. The lowest BCUT2D eigenvalue weighted by Crippen LogP contribution is -2.34. The molecule has 0 amide bonds. The lowest BCUT2D eigenvalue weighted by molar-refractivity contribution is -0.139. The lowest BCUT2D eigenvalue weighted by Gasteiger charge is -2.36. The molecule has 0 aliphatic heterocycles. The molecule has 0 radical (unpaired) electrons. The predicted molar refractivity (Wildman–Crippen MR) is 110 cm³/mol. The molecular weight excluding hydrogens is 384 g/mol. The Morgan fingerprint density at radius 1 is 0.733 bits per heavy atom. The molecular formula is C24H24O6. The number of carboxylic acids is 2. The largest absolute Gasteiger partial charge is 0.481 e. The van der Waals surface area contributed by atoms with Crippen LogP contribution in [0, 0.1) is 0 Å². The zero-order valence-electron chi connectivity index (χ0n) is 17.4. The van der Waals surface area contributed by atoms with E-state index < -0.39 is 22.8 Å². The van der Waals surface area contributed by atoms with E-state index in [9.17, 15) is 29.4 Å². The molecule has 1 aliphatic carbocycles. The minimum absolute atomic E-state index is 0.181. The fourth-order valence-electron chi connectivity index (χ4n) is 4.39. The van der Waals surface area contributed by atoms with E-state index in [0.717, 1.165) is 0 Å². The van der Waals surface area contributed by atoms with Gasteiger partial charge in [0.05, 0.1) is 12.8 Å². The average molecular weight is 408 g/mol. The summed E-state index contributed by atoms with van der Waals surface area (Å²) in [5.74, 6) is -2.70. The van der Waals surface area contributed by atoms with Gasteiger partial charge in [-0.05, 0) is 17.2 Å². The maximum Gasteiger partial charge on any atom is 0.304 e. The third kappa shape index (κ3) is 3.54. The number of ketones is 2. The molecule has 0 saturated carbocycles. The summed E-state index contributed by atoms with van der Waals surface area (Å²) in [5, 5.41) is 18.9. The first-order chi connectivity index (χ1) is 13.9. The number of carbonyl (C=O) groups excluding carboxylic acids is 2. The molecule has 0 heterocycles. The number of benzene rings is 2. The molecule has 2 aromatic carbocycles. The maximum absolute atomic E-state index is 13.5. The first-order valence-corrected chi connectivity index (χ1v) is 9.67. The van der Waals surface area contributed by atoms with Crippen molar-refractivity contribution in [2.45, 2.75) is 51.4 Å². The van der Waals surface area contributed by atoms with Gasteiger partial charge in [0.1, 0.15) is 0 Å². The highest BCUT2D eigenvalue weighted by Crippen LogP contribution is 2.43. The highest BCUT2D eigenvalue weighted by molar-refractivity contribution is 6.29. The zero-order chi connectivity index (χ0) is 22.4. The molecule has 6 nitrogen and oxygen atoms in total. The van der Waals surface area contributed by atoms with Crippen LogP contribution in [-0.2, 0) is 20.4 Å². The molecule has 0 saturated heterocycles. The Bertz CT molecular complexity index is 1090. The first-order valence-electron chi connectivity index (χ1n) is 9.67. The number of carbonyl (C=O) groups is 4. The van der Waals surface area contributed by atoms with Crippen LogP contribution in [0.3, 0.4) is 0 Å². The van der Waals surface area contributed by atoms with Crippen LogP contribution in [0.5, 0.6) is 0 Å². The second kappa shape index (κ2) is 7.20. The minimum atomic E-state index is -1.05. The van der Waals surface area contributed by atoms with Crippen LogP contribution in [0.4, 0.5) is 0 Å². The SMILES string of the molecule is CC(C)(CC(=O)O)c1ccc2c(c1C(C)(C)CC(=O)O)C(=O)c1ccccc1C2=O. The van der Waals surface area contributed by atoms with Crippen molar-refractivity contribution in [3.63, 3.8) is 0 Å². The number of carboxylic acid groups (broad SMARTS) is 2. The molecule has 156 valence electrons. The molecule has 2 aromatic rings. The Morgan fingerprint density at radius 2 is 1.23 bits per heavy atom. The Hall–Kier alpha value is -3.28. The van der Waals surface area contributed by atoms with Crippen LogP contribution in [0.1, 0.15) is 83.5 Å². The molecule has 0 unspecified atom stereocenters. The number of fused-ring (bicyclic) bond motifs is 2. The van der Waals surface area contributed by atoms with Gasteiger partial charge in [0, 0.05) is 33.1 Å². The summed E-state index contributed by atoms with van der Waals surface area (Å²) in [6.07, 6.45) is -0.483. The Kier molecular flexibility index (Phi) is 5.14. The molecule has 2 N–H and O–H groups in total. The standard InChI is InChI=1S/C24H24O6/c1-23(2,11-17(25)26)16-10-9-15-19(20(16)24(3,4)12-18(27)28)22(30)14-8-6-5-7-13(14)21(15)29/h5-10H,11-12H2,1-4H3,(H,25,26)(H,27,28). The monoisotopic (exact) mass is 408 g/mol. The molecule has 0 atom stereocenters. The zero-order valence-corrected chi connectivity index (χ0v) is 17.4. The van der Waals surface area contributed by atoms with Gasteiger partial charge in [-0.15, -0.1) is 0 Å². The second-order valence-electron chi connectivity index (χ2n) is 9.02. The van der Waals surface area contributed by atoms with Crippen molar-refractivity contribution in [3.05, 3.63) is 69.8 Å². The Labute approximate surface area is 174 Å². The van der Waals surface area contributed by atoms with Crippen molar-refractivity contribution in [2.75, 3.05) is 0 Å². The van der Waals surface area contributed by atoms with Crippen molar-refractivity contribution >= 4 is 23.5 Å². The van der Waals surface area contributed by atoms with Crippen molar-refractivity contribution in [3.8, 4) is 0 Å². The van der Waals surface area contributed by atoms with Gasteiger partial charge in [0.2, 0.25) is 0 Å². The highest BCUT2D eigenvalue weighted by atomic mass is 16.4. The van der Waals surface area contributed by atoms with E-state index in [2.05, 4.69) is 0 Å². The number of hydrogen-bond donors (Lipinski definition) is 2. The van der Waals surface area contributed by atoms with Gasteiger partial charge in [-0.2, -0.15) is 0 Å². The van der Waals surface area contributed by atoms with Crippen LogP contribution in [0.25, 0.3) is 0 Å². The van der Waals surface area contributed by atoms with Gasteiger partial charge in [-0.25, -0.2) is 0 Å². The normalized spacial score (nSPS) is 13.6. The van der Waals surface area contributed by atoms with E-state index in [1.165, 1.54) is 0 Å². The molecule has 0 aromatic heterocycles. The van der Waals surface area contributed by atoms with Crippen molar-refractivity contribution in [1.29, 1.82) is 0 Å². The molecule has 0 fully saturated rings. The third-order valence-corrected chi connectivity index (χ3v) is 5.69. The molecule has 6 heteroatoms. The second-order valence-corrected chi connectivity index (χ2v) is 9.02. The van der Waals surface area contributed by atoms with E-state index in [-0.39, 0.29) is 41.1 Å². The van der Waals surface area contributed by atoms with Crippen molar-refractivity contribution < 1.29 is 29.4 Å². The summed E-state index contributed by atoms with van der Waals surface area (Å²) in [5.41, 5.74) is 0.0986. The Balaban J connectivity index is 2.38. The first kappa shape index (κ1) is 21.4. The van der Waals surface area contributed by atoms with Gasteiger partial charge in [0.15, 0.2) is 11.6 Å². The third-order valence-electron chi connectivity index (χ3n) is 5.69. The van der Waals surface area contributed by atoms with Gasteiger partial charge in [-0.1, -0.05) is 58.0 Å². The maximum atomic E-state index is 13.5. The molecule has 0 spiro atoms. The summed E-state index contributed by atoms with van der Waals surface area (Å²) in [6, 6.07) is 9.78. The van der Waals surface area contributed by atoms with Gasteiger partial charge < -0.3 is 10.2 Å². The molecule has 3 rings (SSSR count). The van der Waals surface area contributed by atoms with Crippen LogP contribution in [0.15, 0.2) is 36.4 Å². The van der Waals surface area contributed by atoms with Crippen LogP contribution in [-0.4, -0.2) is 33.7 Å². The summed E-state index contributed by atoms with van der Waals surface area (Å²) >= 11 is 0. The fraction of sp³-hybridized carbons (Fsp3) is 0.333. The molecule has 0 bridgehead atoms. The number of aliphatic carboxylic acids is 2. The van der Waals surface area contributed by atoms with Crippen LogP contribution >= 0.6 is 0 Å². The molecule has 1 aliphatic rings. The smallest absolute Gasteiger partial charge is 0.304 e.